The third kappa shape index (κ3) is 8.51. The molecule has 4 N–H and O–H groups in total. The van der Waals surface area contributed by atoms with Crippen LogP contribution in [0.25, 0.3) is 33.6 Å². The van der Waals surface area contributed by atoms with Gasteiger partial charge < -0.3 is 39.9 Å². The van der Waals surface area contributed by atoms with E-state index in [0.717, 1.165) is 64.3 Å². The summed E-state index contributed by atoms with van der Waals surface area (Å²) in [5.74, 6) is 2.85. The van der Waals surface area contributed by atoms with E-state index in [2.05, 4.69) is 69.1 Å². The Kier molecular flexibility index (Phi) is 12.0. The number of nitrogens with one attached hydrogen (secondary N) is 4. The monoisotopic (exact) mass is 892 g/mol. The number of ether oxygens (including phenoxy) is 2. The fraction of sp³-hybridized carbons (Fsp3) is 0.462. The van der Waals surface area contributed by atoms with Crippen molar-refractivity contribution in [2.75, 3.05) is 27.4 Å². The number of methoxy groups -OCH3 is 2. The molecule has 8 atom stereocenters. The van der Waals surface area contributed by atoms with Crippen LogP contribution in [0.3, 0.4) is 0 Å². The van der Waals surface area contributed by atoms with E-state index >= 15 is 0 Å². The van der Waals surface area contributed by atoms with Gasteiger partial charge in [0.1, 0.15) is 23.7 Å². The van der Waals surface area contributed by atoms with E-state index in [4.69, 9.17) is 19.4 Å². The van der Waals surface area contributed by atoms with Gasteiger partial charge in [-0.05, 0) is 77.2 Å². The van der Waals surface area contributed by atoms with Crippen molar-refractivity contribution in [1.29, 1.82) is 0 Å². The van der Waals surface area contributed by atoms with Crippen molar-refractivity contribution in [1.82, 2.24) is 40.4 Å². The summed E-state index contributed by atoms with van der Waals surface area (Å²) in [5.41, 5.74) is 6.58. The number of fused-ring (bicyclic) bond motifs is 1. The van der Waals surface area contributed by atoms with Gasteiger partial charge in [0.2, 0.25) is 17.7 Å². The largest absolute Gasteiger partial charge is 0.453 e. The Labute approximate surface area is 385 Å². The molecule has 2 saturated heterocycles. The number of piperidine rings is 1. The van der Waals surface area contributed by atoms with Gasteiger partial charge >= 0.3 is 6.09 Å². The molecule has 10 rings (SSSR count). The molecule has 3 aliphatic carbocycles. The standard InChI is InChI=1S/C52H60N8O6/c1-29(2)44(58-52(64)66-4)51(63)60-42(24-38-43(46(38)60)35-11-8-12-35)48-54-26-40(56-48)34-19-15-32(16-20-34)31-13-17-33(18-14-31)39-25-53-47(55-39)41-23-30(28-65-3)27-59(41)50(62)45(36-9-6-5-7-10-36)57-49(61)37-21-22-37/h5-7,9-10,13-20,25-26,29-30,35,37-38,41-46H,8,11-12,21-24,27-28H2,1-4H3,(H,53,55)(H,54,56)(H,57,61)(H,58,64)/t30-,38-,41-,42-,43?,44-,45+,46-/m0/s1. The molecule has 5 aliphatic rings. The highest BCUT2D eigenvalue weighted by atomic mass is 16.5. The number of amides is 4. The van der Waals surface area contributed by atoms with E-state index in [-0.39, 0.29) is 53.6 Å². The lowest BCUT2D eigenvalue weighted by Crippen LogP contribution is -2.52. The van der Waals surface area contributed by atoms with E-state index in [9.17, 15) is 19.2 Å². The van der Waals surface area contributed by atoms with Gasteiger partial charge in [0, 0.05) is 31.5 Å². The second-order valence-corrected chi connectivity index (χ2v) is 19.5. The fourth-order valence-electron chi connectivity index (χ4n) is 11.0. The highest BCUT2D eigenvalue weighted by Crippen LogP contribution is 2.63. The van der Waals surface area contributed by atoms with E-state index in [1.807, 2.05) is 66.4 Å². The van der Waals surface area contributed by atoms with Crippen LogP contribution >= 0.6 is 0 Å². The number of carbonyl (C=O) groups excluding carboxylic acids is 4. The van der Waals surface area contributed by atoms with Gasteiger partial charge in [-0.1, -0.05) is 112 Å². The number of nitrogens with zero attached hydrogens (tertiary/aromatic N) is 4. The summed E-state index contributed by atoms with van der Waals surface area (Å²) in [5, 5.41) is 5.88. The van der Waals surface area contributed by atoms with E-state index < -0.39 is 18.2 Å². The number of hydrogen-bond donors (Lipinski definition) is 4. The maximum Gasteiger partial charge on any atom is 0.407 e. The van der Waals surface area contributed by atoms with Crippen LogP contribution in [0.15, 0.2) is 91.3 Å². The zero-order valence-electron chi connectivity index (χ0n) is 38.1. The molecule has 66 heavy (non-hydrogen) atoms. The lowest BCUT2D eigenvalue weighted by atomic mass is 9.79. The van der Waals surface area contributed by atoms with Crippen molar-refractivity contribution in [3.63, 3.8) is 0 Å². The summed E-state index contributed by atoms with van der Waals surface area (Å²) in [6.07, 6.45) is 10.1. The smallest absolute Gasteiger partial charge is 0.407 e. The molecule has 5 fully saturated rings. The minimum atomic E-state index is -0.784. The molecule has 14 nitrogen and oxygen atoms in total. The first-order valence-corrected chi connectivity index (χ1v) is 23.7. The lowest BCUT2D eigenvalue weighted by Gasteiger charge is -2.35. The number of alkyl carbamates (subject to hydrolysis) is 1. The van der Waals surface area contributed by atoms with Crippen molar-refractivity contribution in [3.8, 4) is 33.6 Å². The molecule has 5 aromatic rings. The lowest BCUT2D eigenvalue weighted by molar-refractivity contribution is -0.138. The first-order valence-electron chi connectivity index (χ1n) is 23.7. The Morgan fingerprint density at radius 3 is 1.89 bits per heavy atom. The van der Waals surface area contributed by atoms with Gasteiger partial charge in [0.05, 0.1) is 49.6 Å². The number of hydrogen-bond acceptors (Lipinski definition) is 8. The van der Waals surface area contributed by atoms with Gasteiger partial charge in [0.25, 0.3) is 0 Å². The number of benzene rings is 3. The highest BCUT2D eigenvalue weighted by Gasteiger charge is 2.66. The summed E-state index contributed by atoms with van der Waals surface area (Å²) in [7, 11) is 3.00. The Bertz CT molecular complexity index is 2550. The van der Waals surface area contributed by atoms with Crippen LogP contribution in [0.2, 0.25) is 0 Å². The minimum absolute atomic E-state index is 0.0259. The van der Waals surface area contributed by atoms with Crippen molar-refractivity contribution in [3.05, 3.63) is 108 Å². The first kappa shape index (κ1) is 43.6. The Morgan fingerprint density at radius 1 is 0.742 bits per heavy atom. The van der Waals surface area contributed by atoms with Crippen LogP contribution < -0.4 is 10.6 Å². The second-order valence-electron chi connectivity index (χ2n) is 19.5. The van der Waals surface area contributed by atoms with Crippen molar-refractivity contribution in [2.45, 2.75) is 89.0 Å². The molecule has 0 radical (unpaired) electrons. The molecule has 2 aromatic heterocycles. The summed E-state index contributed by atoms with van der Waals surface area (Å²) in [4.78, 5) is 74.7. The molecule has 3 aromatic carbocycles. The molecule has 0 spiro atoms. The SMILES string of the molecule is COC[C@H]1C[C@@H](c2ncc(-c3ccc(-c4ccc(-c5cnc([C@@H]6C[C@H]7C(C8CCC8)[C@H]7N6C(=O)[C@@H](NC(=O)OC)C(C)C)[nH]5)cc4)cc3)[nH]2)N(C(=O)[C@H](NC(=O)C2CC2)c2ccccc2)C1. The average molecular weight is 893 g/mol. The molecule has 4 heterocycles. The molecule has 1 unspecified atom stereocenters. The van der Waals surface area contributed by atoms with Gasteiger partial charge in [-0.2, -0.15) is 0 Å². The van der Waals surface area contributed by atoms with Crippen molar-refractivity contribution >= 4 is 23.8 Å². The van der Waals surface area contributed by atoms with Crippen LogP contribution in [0, 0.1) is 35.5 Å². The summed E-state index contributed by atoms with van der Waals surface area (Å²) >= 11 is 0. The quantitative estimate of drug-likeness (QED) is 0.0818. The first-order chi connectivity index (χ1) is 32.1. The summed E-state index contributed by atoms with van der Waals surface area (Å²) in [6.45, 7) is 4.92. The van der Waals surface area contributed by atoms with Gasteiger partial charge in [0.15, 0.2) is 0 Å². The number of H-pyrrole nitrogens is 2. The van der Waals surface area contributed by atoms with Crippen molar-refractivity contribution in [2.24, 2.45) is 35.5 Å². The molecule has 3 saturated carbocycles. The van der Waals surface area contributed by atoms with Gasteiger partial charge in [-0.3, -0.25) is 14.4 Å². The summed E-state index contributed by atoms with van der Waals surface area (Å²) in [6, 6.07) is 24.4. The van der Waals surface area contributed by atoms with Gasteiger partial charge in [-0.25, -0.2) is 14.8 Å². The molecule has 14 heteroatoms. The Morgan fingerprint density at radius 2 is 1.35 bits per heavy atom. The van der Waals surface area contributed by atoms with Crippen LogP contribution in [0.5, 0.6) is 0 Å². The van der Waals surface area contributed by atoms with Crippen LogP contribution in [0.4, 0.5) is 4.79 Å². The van der Waals surface area contributed by atoms with Crippen molar-refractivity contribution < 1.29 is 28.7 Å². The van der Waals surface area contributed by atoms with E-state index in [1.165, 1.54) is 26.4 Å². The molecular weight excluding hydrogens is 833 g/mol. The Balaban J connectivity index is 0.825. The van der Waals surface area contributed by atoms with Crippen LogP contribution in [-0.4, -0.2) is 93.0 Å². The number of rotatable bonds is 15. The molecule has 2 aliphatic heterocycles. The molecular formula is C52H60N8O6. The third-order valence-corrected chi connectivity index (χ3v) is 14.9. The third-order valence-electron chi connectivity index (χ3n) is 14.9. The number of aromatic nitrogens is 4. The maximum atomic E-state index is 14.4. The average Bonchev–Trinajstić information content (AvgIpc) is 3.92. The number of carbonyl (C=O) groups is 4. The summed E-state index contributed by atoms with van der Waals surface area (Å²) < 4.78 is 10.4. The molecule has 344 valence electrons. The highest BCUT2D eigenvalue weighted by molar-refractivity contribution is 5.91. The second kappa shape index (κ2) is 18.2. The van der Waals surface area contributed by atoms with Crippen LogP contribution in [-0.2, 0) is 23.9 Å². The normalized spacial score (nSPS) is 24.4. The number of likely N-dealkylation sites (tertiary alicyclic amines) is 2. The minimum Gasteiger partial charge on any atom is -0.453 e. The predicted octanol–water partition coefficient (Wildman–Crippen LogP) is 8.01. The fourth-order valence-corrected chi connectivity index (χ4v) is 11.0. The molecule has 0 bridgehead atoms. The van der Waals surface area contributed by atoms with E-state index in [1.54, 1.807) is 7.11 Å². The molecule has 4 amide bonds. The van der Waals surface area contributed by atoms with E-state index in [0.29, 0.717) is 43.2 Å². The predicted molar refractivity (Wildman–Crippen MR) is 248 cm³/mol. The zero-order chi connectivity index (χ0) is 45.6. The van der Waals surface area contributed by atoms with Gasteiger partial charge in [-0.15, -0.1) is 0 Å². The number of aromatic amines is 2. The topological polar surface area (TPSA) is 175 Å². The number of imidazole rings is 2. The maximum absolute atomic E-state index is 14.4. The zero-order valence-corrected chi connectivity index (χ0v) is 38.1. The van der Waals surface area contributed by atoms with Crippen LogP contribution in [0.1, 0.15) is 94.1 Å². The Hall–Kier alpha value is -6.28.